The van der Waals surface area contributed by atoms with Gasteiger partial charge in [-0.25, -0.2) is 0 Å². The molecule has 64 valence electrons. The molecule has 1 aromatic rings. The van der Waals surface area contributed by atoms with Crippen LogP contribution in [0.3, 0.4) is 0 Å². The number of halogens is 3. The first-order valence-electron chi connectivity index (χ1n) is 3.10. The second-order valence-corrected chi connectivity index (χ2v) is 3.18. The van der Waals surface area contributed by atoms with Crippen molar-refractivity contribution in [2.75, 3.05) is 0 Å². The highest BCUT2D eigenvalue weighted by molar-refractivity contribution is 6.36. The Hall–Kier alpha value is -0.370. The van der Waals surface area contributed by atoms with Gasteiger partial charge in [-0.05, 0) is 18.2 Å². The van der Waals surface area contributed by atoms with Gasteiger partial charge in [-0.3, -0.25) is 0 Å². The van der Waals surface area contributed by atoms with E-state index in [2.05, 4.69) is 0 Å². The van der Waals surface area contributed by atoms with Gasteiger partial charge in [-0.1, -0.05) is 34.8 Å². The van der Waals surface area contributed by atoms with E-state index in [9.17, 15) is 5.11 Å². The summed E-state index contributed by atoms with van der Waals surface area (Å²) in [6.07, 6.45) is 0. The van der Waals surface area contributed by atoms with Crippen molar-refractivity contribution in [2.45, 2.75) is 0 Å². The first-order chi connectivity index (χ1) is 5.65. The van der Waals surface area contributed by atoms with E-state index in [0.717, 1.165) is 5.54 Å². The normalized spacial score (nSPS) is 11.8. The fourth-order valence-electron chi connectivity index (χ4n) is 0.756. The Morgan fingerprint density at radius 1 is 1.33 bits per heavy atom. The Morgan fingerprint density at radius 3 is 2.50 bits per heavy atom. The van der Waals surface area contributed by atoms with E-state index in [1.54, 1.807) is 12.1 Å². The minimum atomic E-state index is -0.0710. The largest absolute Gasteiger partial charge is 0.506 e. The van der Waals surface area contributed by atoms with Gasteiger partial charge in [0.1, 0.15) is 5.76 Å². The molecule has 0 amide bonds. The predicted octanol–water partition coefficient (Wildman–Crippen LogP) is 4.09. The van der Waals surface area contributed by atoms with Gasteiger partial charge in [0.25, 0.3) is 0 Å². The summed E-state index contributed by atoms with van der Waals surface area (Å²) in [5, 5.41) is 10.1. The molecular weight excluding hydrogens is 218 g/mol. The third-order valence-electron chi connectivity index (χ3n) is 1.31. The summed E-state index contributed by atoms with van der Waals surface area (Å²) in [5.74, 6) is -0.0710. The Labute approximate surface area is 85.2 Å². The van der Waals surface area contributed by atoms with E-state index in [1.165, 1.54) is 6.07 Å². The maximum absolute atomic E-state index is 9.20. The number of hydrogen-bond donors (Lipinski definition) is 1. The van der Waals surface area contributed by atoms with Crippen LogP contribution in [0.1, 0.15) is 5.56 Å². The highest BCUT2D eigenvalue weighted by Gasteiger charge is 2.04. The van der Waals surface area contributed by atoms with E-state index in [4.69, 9.17) is 34.8 Å². The fourth-order valence-corrected chi connectivity index (χ4v) is 1.38. The van der Waals surface area contributed by atoms with Crippen molar-refractivity contribution in [1.82, 2.24) is 0 Å². The van der Waals surface area contributed by atoms with Crippen LogP contribution in [0.2, 0.25) is 10.0 Å². The van der Waals surface area contributed by atoms with Crippen molar-refractivity contribution in [1.29, 1.82) is 0 Å². The number of benzene rings is 1. The van der Waals surface area contributed by atoms with Crippen molar-refractivity contribution in [2.24, 2.45) is 0 Å². The molecule has 0 aliphatic heterocycles. The lowest BCUT2D eigenvalue weighted by Crippen LogP contribution is -1.82. The van der Waals surface area contributed by atoms with Crippen LogP contribution in [-0.4, -0.2) is 5.11 Å². The van der Waals surface area contributed by atoms with Crippen LogP contribution in [0, 0.1) is 0 Å². The molecule has 4 heteroatoms. The van der Waals surface area contributed by atoms with Crippen molar-refractivity contribution in [3.05, 3.63) is 39.3 Å². The summed E-state index contributed by atoms with van der Waals surface area (Å²) in [6, 6.07) is 4.76. The molecule has 0 unspecified atom stereocenters. The Balaban J connectivity index is 3.18. The van der Waals surface area contributed by atoms with Crippen LogP contribution in [0.15, 0.2) is 23.7 Å². The molecule has 0 atom stereocenters. The quantitative estimate of drug-likeness (QED) is 0.711. The fraction of sp³-hybridized carbons (Fsp3) is 0. The molecule has 0 saturated heterocycles. The molecule has 0 fully saturated rings. The van der Waals surface area contributed by atoms with Crippen LogP contribution in [0.25, 0.3) is 5.76 Å². The molecule has 1 N–H and O–H groups in total. The zero-order valence-electron chi connectivity index (χ0n) is 5.89. The Bertz CT molecular complexity index is 320. The minimum Gasteiger partial charge on any atom is -0.506 e. The molecule has 12 heavy (non-hydrogen) atoms. The molecule has 1 aromatic carbocycles. The van der Waals surface area contributed by atoms with Gasteiger partial charge in [-0.2, -0.15) is 0 Å². The lowest BCUT2D eigenvalue weighted by molar-refractivity contribution is 0.513. The zero-order valence-corrected chi connectivity index (χ0v) is 8.16. The van der Waals surface area contributed by atoms with Gasteiger partial charge in [0.2, 0.25) is 0 Å². The summed E-state index contributed by atoms with van der Waals surface area (Å²) in [5.41, 5.74) is 1.52. The van der Waals surface area contributed by atoms with Gasteiger partial charge in [-0.15, -0.1) is 0 Å². The van der Waals surface area contributed by atoms with Crippen LogP contribution in [0.4, 0.5) is 0 Å². The number of rotatable bonds is 1. The molecule has 1 rings (SSSR count). The van der Waals surface area contributed by atoms with Crippen LogP contribution in [-0.2, 0) is 0 Å². The molecule has 0 bridgehead atoms. The number of aliphatic hydroxyl groups excluding tert-OH is 1. The summed E-state index contributed by atoms with van der Waals surface area (Å²) in [7, 11) is 0. The van der Waals surface area contributed by atoms with Gasteiger partial charge < -0.3 is 5.11 Å². The molecule has 1 nitrogen and oxygen atoms in total. The lowest BCUT2D eigenvalue weighted by Gasteiger charge is -2.01. The third-order valence-corrected chi connectivity index (χ3v) is 2.06. The average Bonchev–Trinajstić information content (AvgIpc) is 2.03. The van der Waals surface area contributed by atoms with E-state index < -0.39 is 0 Å². The van der Waals surface area contributed by atoms with Gasteiger partial charge in [0, 0.05) is 16.1 Å². The summed E-state index contributed by atoms with van der Waals surface area (Å²) in [6.45, 7) is 0. The Morgan fingerprint density at radius 2 is 2.00 bits per heavy atom. The average molecular weight is 223 g/mol. The maximum Gasteiger partial charge on any atom is 0.135 e. The second-order valence-electron chi connectivity index (χ2n) is 2.12. The van der Waals surface area contributed by atoms with Crippen molar-refractivity contribution < 1.29 is 5.11 Å². The molecule has 0 radical (unpaired) electrons. The molecule has 0 aliphatic carbocycles. The van der Waals surface area contributed by atoms with Gasteiger partial charge in [0.05, 0.1) is 5.02 Å². The first-order valence-corrected chi connectivity index (χ1v) is 4.29. The smallest absolute Gasteiger partial charge is 0.135 e. The van der Waals surface area contributed by atoms with E-state index in [0.29, 0.717) is 15.6 Å². The Kier molecular flexibility index (Phi) is 3.27. The van der Waals surface area contributed by atoms with Crippen molar-refractivity contribution in [3.8, 4) is 0 Å². The van der Waals surface area contributed by atoms with E-state index in [1.807, 2.05) is 0 Å². The highest BCUT2D eigenvalue weighted by atomic mass is 35.5. The first kappa shape index (κ1) is 9.72. The number of aliphatic hydroxyl groups is 1. The van der Waals surface area contributed by atoms with Crippen LogP contribution >= 0.6 is 34.8 Å². The molecule has 0 heterocycles. The summed E-state index contributed by atoms with van der Waals surface area (Å²) >= 11 is 16.7. The number of hydrogen-bond acceptors (Lipinski definition) is 1. The predicted molar refractivity (Wildman–Crippen MR) is 52.9 cm³/mol. The lowest BCUT2D eigenvalue weighted by atomic mass is 10.2. The summed E-state index contributed by atoms with van der Waals surface area (Å²) in [4.78, 5) is 0. The summed E-state index contributed by atoms with van der Waals surface area (Å²) < 4.78 is 0. The van der Waals surface area contributed by atoms with E-state index >= 15 is 0 Å². The van der Waals surface area contributed by atoms with Crippen molar-refractivity contribution in [3.63, 3.8) is 0 Å². The highest BCUT2D eigenvalue weighted by Crippen LogP contribution is 2.25. The monoisotopic (exact) mass is 222 g/mol. The standard InChI is InChI=1S/C8H5Cl3O/c9-4-8(12)6-2-1-5(10)3-7(6)11/h1-4,12H. The molecule has 0 aliphatic rings. The van der Waals surface area contributed by atoms with Crippen molar-refractivity contribution >= 4 is 40.6 Å². The molecule has 0 spiro atoms. The topological polar surface area (TPSA) is 20.2 Å². The van der Waals surface area contributed by atoms with Crippen LogP contribution in [0.5, 0.6) is 0 Å². The zero-order chi connectivity index (χ0) is 9.14. The van der Waals surface area contributed by atoms with Gasteiger partial charge >= 0.3 is 0 Å². The van der Waals surface area contributed by atoms with Gasteiger partial charge in [0.15, 0.2) is 0 Å². The maximum atomic E-state index is 9.20. The minimum absolute atomic E-state index is 0.0710. The molecular formula is C8H5Cl3O. The SMILES string of the molecule is OC(=CCl)c1ccc(Cl)cc1Cl. The molecule has 0 saturated carbocycles. The molecule has 0 aromatic heterocycles. The van der Waals surface area contributed by atoms with Crippen LogP contribution < -0.4 is 0 Å². The second kappa shape index (κ2) is 4.04. The third kappa shape index (κ3) is 2.07. The van der Waals surface area contributed by atoms with E-state index in [-0.39, 0.29) is 5.76 Å².